The molecule has 0 fully saturated rings. The van der Waals surface area contributed by atoms with E-state index in [1.165, 1.54) is 0 Å². The highest BCUT2D eigenvalue weighted by Gasteiger charge is 2.21. The Balaban J connectivity index is 2.23. The van der Waals surface area contributed by atoms with Gasteiger partial charge in [0.15, 0.2) is 6.29 Å². The van der Waals surface area contributed by atoms with Crippen LogP contribution >= 0.6 is 11.6 Å². The van der Waals surface area contributed by atoms with E-state index in [0.717, 1.165) is 22.4 Å². The minimum Gasteiger partial charge on any atom is -0.347 e. The molecule has 0 aliphatic rings. The van der Waals surface area contributed by atoms with Gasteiger partial charge in [-0.3, -0.25) is 4.57 Å². The Hall–Kier alpha value is -1.95. The Bertz CT molecular complexity index is 783. The van der Waals surface area contributed by atoms with Gasteiger partial charge in [0, 0.05) is 30.5 Å². The van der Waals surface area contributed by atoms with Gasteiger partial charge in [0.1, 0.15) is 5.65 Å². The fourth-order valence-electron chi connectivity index (χ4n) is 2.53. The smallest absolute Gasteiger partial charge is 0.224 e. The van der Waals surface area contributed by atoms with E-state index < -0.39 is 6.29 Å². The van der Waals surface area contributed by atoms with Crippen LogP contribution in [0.2, 0.25) is 5.28 Å². The first-order chi connectivity index (χ1) is 11.2. The quantitative estimate of drug-likeness (QED) is 0.503. The molecule has 0 unspecified atom stereocenters. The first-order valence-electron chi connectivity index (χ1n) is 7.57. The number of aromatic nitrogens is 3. The zero-order valence-electron chi connectivity index (χ0n) is 13.1. The summed E-state index contributed by atoms with van der Waals surface area (Å²) in [5.41, 5.74) is 2.57. The van der Waals surface area contributed by atoms with Gasteiger partial charge in [0.05, 0.1) is 5.69 Å². The van der Waals surface area contributed by atoms with Crippen LogP contribution in [0.5, 0.6) is 0 Å². The molecule has 120 valence electrons. The molecular formula is C17H18ClN3O2. The molecule has 0 bridgehead atoms. The summed E-state index contributed by atoms with van der Waals surface area (Å²) in [6.45, 7) is 4.98. The first-order valence-corrected chi connectivity index (χ1v) is 7.95. The third-order valence-corrected chi connectivity index (χ3v) is 3.61. The molecular weight excluding hydrogens is 314 g/mol. The predicted molar refractivity (Wildman–Crippen MR) is 89.9 cm³/mol. The molecule has 2 heterocycles. The fourth-order valence-corrected chi connectivity index (χ4v) is 2.66. The summed E-state index contributed by atoms with van der Waals surface area (Å²) >= 11 is 5.99. The minimum absolute atomic E-state index is 0.212. The summed E-state index contributed by atoms with van der Waals surface area (Å²) in [5, 5.41) is 1.10. The molecule has 0 aliphatic heterocycles. The third kappa shape index (κ3) is 3.22. The highest BCUT2D eigenvalue weighted by Crippen LogP contribution is 2.30. The number of hydrogen-bond acceptors (Lipinski definition) is 4. The molecule has 0 aliphatic carbocycles. The van der Waals surface area contributed by atoms with Crippen LogP contribution in [0.25, 0.3) is 16.7 Å². The molecule has 5 nitrogen and oxygen atoms in total. The second kappa shape index (κ2) is 7.08. The van der Waals surface area contributed by atoms with Crippen molar-refractivity contribution in [3.63, 3.8) is 0 Å². The van der Waals surface area contributed by atoms with Crippen LogP contribution in [0.4, 0.5) is 0 Å². The van der Waals surface area contributed by atoms with E-state index in [0.29, 0.717) is 13.2 Å². The van der Waals surface area contributed by atoms with Crippen molar-refractivity contribution in [2.24, 2.45) is 0 Å². The summed E-state index contributed by atoms with van der Waals surface area (Å²) < 4.78 is 13.5. The number of ether oxygens (including phenoxy) is 2. The summed E-state index contributed by atoms with van der Waals surface area (Å²) in [5.74, 6) is 0. The van der Waals surface area contributed by atoms with Crippen molar-refractivity contribution in [2.45, 2.75) is 20.1 Å². The summed E-state index contributed by atoms with van der Waals surface area (Å²) in [6.07, 6.45) is 1.24. The maximum atomic E-state index is 5.99. The molecule has 1 aromatic carbocycles. The van der Waals surface area contributed by atoms with Crippen LogP contribution in [0.15, 0.2) is 42.6 Å². The average molecular weight is 332 g/mol. The van der Waals surface area contributed by atoms with Crippen LogP contribution in [0.3, 0.4) is 0 Å². The minimum atomic E-state index is -0.474. The molecule has 0 radical (unpaired) electrons. The van der Waals surface area contributed by atoms with Gasteiger partial charge >= 0.3 is 0 Å². The lowest BCUT2D eigenvalue weighted by atomic mass is 10.3. The lowest BCUT2D eigenvalue weighted by Crippen LogP contribution is -2.13. The molecule has 0 saturated heterocycles. The molecule has 23 heavy (non-hydrogen) atoms. The van der Waals surface area contributed by atoms with Crippen LogP contribution in [0.1, 0.15) is 25.8 Å². The van der Waals surface area contributed by atoms with Crippen molar-refractivity contribution in [3.8, 4) is 5.69 Å². The highest BCUT2D eigenvalue weighted by molar-refractivity contribution is 6.28. The van der Waals surface area contributed by atoms with Crippen molar-refractivity contribution < 1.29 is 9.47 Å². The van der Waals surface area contributed by atoms with Gasteiger partial charge in [-0.2, -0.15) is 4.98 Å². The Morgan fingerprint density at radius 1 is 1.13 bits per heavy atom. The standard InChI is InChI=1S/C17H18ClN3O2/c1-3-22-16(23-4-2)14-10-12-11-19-17(18)20-15(12)21(14)13-8-6-5-7-9-13/h5-11,16H,3-4H2,1-2H3. The first kappa shape index (κ1) is 15.9. The maximum absolute atomic E-state index is 5.99. The van der Waals surface area contributed by atoms with Gasteiger partial charge in [-0.15, -0.1) is 0 Å². The molecule has 0 saturated carbocycles. The van der Waals surface area contributed by atoms with Crippen LogP contribution in [0, 0.1) is 0 Å². The van der Waals surface area contributed by atoms with E-state index >= 15 is 0 Å². The molecule has 6 heteroatoms. The molecule has 0 amide bonds. The number of fused-ring (bicyclic) bond motifs is 1. The van der Waals surface area contributed by atoms with Crippen molar-refractivity contribution >= 4 is 22.6 Å². The normalized spacial score (nSPS) is 11.5. The number of para-hydroxylation sites is 1. The monoisotopic (exact) mass is 331 g/mol. The second-order valence-corrected chi connectivity index (χ2v) is 5.24. The molecule has 3 rings (SSSR count). The molecule has 0 spiro atoms. The SMILES string of the molecule is CCOC(OCC)c1cc2cnc(Cl)nc2n1-c1ccccc1. The van der Waals surface area contributed by atoms with E-state index in [1.54, 1.807) is 6.20 Å². The van der Waals surface area contributed by atoms with Crippen LogP contribution in [-0.4, -0.2) is 27.7 Å². The van der Waals surface area contributed by atoms with Gasteiger partial charge in [0.2, 0.25) is 5.28 Å². The van der Waals surface area contributed by atoms with Gasteiger partial charge in [-0.05, 0) is 43.6 Å². The Morgan fingerprint density at radius 3 is 2.48 bits per heavy atom. The predicted octanol–water partition coefficient (Wildman–Crippen LogP) is 4.15. The molecule has 2 aromatic heterocycles. The summed E-state index contributed by atoms with van der Waals surface area (Å²) in [4.78, 5) is 8.45. The number of halogens is 1. The average Bonchev–Trinajstić information content (AvgIpc) is 2.94. The van der Waals surface area contributed by atoms with Crippen LogP contribution < -0.4 is 0 Å². The molecule has 3 aromatic rings. The number of rotatable bonds is 6. The van der Waals surface area contributed by atoms with Gasteiger partial charge in [0.25, 0.3) is 0 Å². The zero-order valence-corrected chi connectivity index (χ0v) is 13.8. The van der Waals surface area contributed by atoms with Crippen molar-refractivity contribution in [1.29, 1.82) is 0 Å². The lowest BCUT2D eigenvalue weighted by Gasteiger charge is -2.19. The highest BCUT2D eigenvalue weighted by atomic mass is 35.5. The Kier molecular flexibility index (Phi) is 4.91. The zero-order chi connectivity index (χ0) is 16.2. The van der Waals surface area contributed by atoms with Gasteiger partial charge in [-0.1, -0.05) is 18.2 Å². The van der Waals surface area contributed by atoms with Gasteiger partial charge < -0.3 is 9.47 Å². The van der Waals surface area contributed by atoms with E-state index in [4.69, 9.17) is 21.1 Å². The Labute approximate surface area is 139 Å². The van der Waals surface area contributed by atoms with E-state index in [-0.39, 0.29) is 5.28 Å². The van der Waals surface area contributed by atoms with Crippen molar-refractivity contribution in [1.82, 2.24) is 14.5 Å². The second-order valence-electron chi connectivity index (χ2n) is 4.90. The summed E-state index contributed by atoms with van der Waals surface area (Å²) in [6, 6.07) is 11.9. The number of hydrogen-bond donors (Lipinski definition) is 0. The van der Waals surface area contributed by atoms with E-state index in [9.17, 15) is 0 Å². The molecule has 0 atom stereocenters. The number of nitrogens with zero attached hydrogens (tertiary/aromatic N) is 3. The largest absolute Gasteiger partial charge is 0.347 e. The topological polar surface area (TPSA) is 49.2 Å². The molecule has 0 N–H and O–H groups in total. The van der Waals surface area contributed by atoms with Crippen LogP contribution in [-0.2, 0) is 9.47 Å². The number of benzene rings is 1. The van der Waals surface area contributed by atoms with E-state index in [2.05, 4.69) is 9.97 Å². The maximum Gasteiger partial charge on any atom is 0.224 e. The van der Waals surface area contributed by atoms with E-state index in [1.807, 2.05) is 54.8 Å². The fraction of sp³-hybridized carbons (Fsp3) is 0.294. The van der Waals surface area contributed by atoms with Crippen molar-refractivity contribution in [2.75, 3.05) is 13.2 Å². The lowest BCUT2D eigenvalue weighted by molar-refractivity contribution is -0.143. The van der Waals surface area contributed by atoms with Crippen molar-refractivity contribution in [3.05, 3.63) is 53.6 Å². The summed E-state index contributed by atoms with van der Waals surface area (Å²) in [7, 11) is 0. The Morgan fingerprint density at radius 2 is 1.83 bits per heavy atom. The third-order valence-electron chi connectivity index (χ3n) is 3.43. The van der Waals surface area contributed by atoms with Gasteiger partial charge in [-0.25, -0.2) is 4.98 Å².